The molecule has 0 aliphatic rings. The minimum Gasteiger partial charge on any atom is -0.494 e. The van der Waals surface area contributed by atoms with Gasteiger partial charge in [0.25, 0.3) is 0 Å². The molecular formula is C12H11ClFN3OS. The van der Waals surface area contributed by atoms with Crippen molar-refractivity contribution in [2.24, 2.45) is 0 Å². The first-order valence-corrected chi connectivity index (χ1v) is 6.92. The number of thioether (sulfide) groups is 1. The Morgan fingerprint density at radius 1 is 1.32 bits per heavy atom. The zero-order valence-corrected chi connectivity index (χ0v) is 11.8. The van der Waals surface area contributed by atoms with Crippen molar-refractivity contribution in [3.63, 3.8) is 0 Å². The van der Waals surface area contributed by atoms with E-state index in [1.807, 2.05) is 6.26 Å². The zero-order chi connectivity index (χ0) is 13.8. The quantitative estimate of drug-likeness (QED) is 0.529. The first-order valence-electron chi connectivity index (χ1n) is 5.31. The Morgan fingerprint density at radius 3 is 2.79 bits per heavy atom. The fourth-order valence-corrected chi connectivity index (χ4v) is 2.05. The van der Waals surface area contributed by atoms with Crippen molar-refractivity contribution in [3.8, 4) is 5.75 Å². The van der Waals surface area contributed by atoms with Gasteiger partial charge in [-0.25, -0.2) is 14.4 Å². The van der Waals surface area contributed by atoms with Crippen LogP contribution in [-0.2, 0) is 0 Å². The van der Waals surface area contributed by atoms with Crippen LogP contribution in [0.25, 0.3) is 0 Å². The molecule has 0 saturated carbocycles. The molecule has 2 rings (SSSR count). The van der Waals surface area contributed by atoms with Crippen LogP contribution < -0.4 is 10.1 Å². The second-order valence-corrected chi connectivity index (χ2v) is 4.70. The molecule has 1 heterocycles. The zero-order valence-electron chi connectivity index (χ0n) is 10.3. The molecule has 4 nitrogen and oxygen atoms in total. The number of hydrogen-bond donors (Lipinski definition) is 1. The number of methoxy groups -OCH3 is 1. The Bertz CT molecular complexity index is 597. The first kappa shape index (κ1) is 13.9. The minimum absolute atomic E-state index is 0.162. The standard InChI is InChI=1S/C12H11ClFN3OS/c1-18-9-5-7(3-4-8(9)14)15-11-6-10(13)16-12(17-11)19-2/h3-6H,1-2H3,(H,15,16,17). The lowest BCUT2D eigenvalue weighted by atomic mass is 10.3. The van der Waals surface area contributed by atoms with Gasteiger partial charge in [0.05, 0.1) is 7.11 Å². The lowest BCUT2D eigenvalue weighted by molar-refractivity contribution is 0.387. The molecule has 0 unspecified atom stereocenters. The molecule has 1 aromatic carbocycles. The van der Waals surface area contributed by atoms with Crippen LogP contribution in [0, 0.1) is 5.82 Å². The minimum atomic E-state index is -0.418. The highest BCUT2D eigenvalue weighted by molar-refractivity contribution is 7.98. The van der Waals surface area contributed by atoms with Crippen molar-refractivity contribution >= 4 is 34.9 Å². The largest absolute Gasteiger partial charge is 0.494 e. The molecule has 0 aliphatic carbocycles. The fourth-order valence-electron chi connectivity index (χ4n) is 1.44. The predicted molar refractivity (Wildman–Crippen MR) is 75.1 cm³/mol. The Kier molecular flexibility index (Phi) is 4.44. The molecular weight excluding hydrogens is 289 g/mol. The summed E-state index contributed by atoms with van der Waals surface area (Å²) in [5.74, 6) is 0.284. The number of hydrogen-bond acceptors (Lipinski definition) is 5. The summed E-state index contributed by atoms with van der Waals surface area (Å²) in [5.41, 5.74) is 0.653. The second-order valence-electron chi connectivity index (χ2n) is 3.54. The van der Waals surface area contributed by atoms with E-state index in [1.165, 1.54) is 24.9 Å². The van der Waals surface area contributed by atoms with Gasteiger partial charge in [-0.15, -0.1) is 0 Å². The Morgan fingerprint density at radius 2 is 2.11 bits per heavy atom. The monoisotopic (exact) mass is 299 g/mol. The molecule has 100 valence electrons. The first-order chi connectivity index (χ1) is 9.12. The highest BCUT2D eigenvalue weighted by atomic mass is 35.5. The van der Waals surface area contributed by atoms with Crippen LogP contribution in [0.15, 0.2) is 29.4 Å². The van der Waals surface area contributed by atoms with E-state index < -0.39 is 5.82 Å². The highest BCUT2D eigenvalue weighted by Gasteiger charge is 2.06. The van der Waals surface area contributed by atoms with Crippen LogP contribution in [0.3, 0.4) is 0 Å². The smallest absolute Gasteiger partial charge is 0.190 e. The third kappa shape index (κ3) is 3.48. The van der Waals surface area contributed by atoms with E-state index in [9.17, 15) is 4.39 Å². The van der Waals surface area contributed by atoms with Crippen molar-refractivity contribution in [2.75, 3.05) is 18.7 Å². The summed E-state index contributed by atoms with van der Waals surface area (Å²) in [6.07, 6.45) is 1.86. The summed E-state index contributed by atoms with van der Waals surface area (Å²) in [4.78, 5) is 8.28. The average Bonchev–Trinajstić information content (AvgIpc) is 2.40. The maximum absolute atomic E-state index is 13.3. The number of aromatic nitrogens is 2. The third-order valence-electron chi connectivity index (χ3n) is 2.28. The fraction of sp³-hybridized carbons (Fsp3) is 0.167. The molecule has 0 spiro atoms. The molecule has 1 aromatic heterocycles. The molecule has 0 radical (unpaired) electrons. The van der Waals surface area contributed by atoms with Gasteiger partial charge in [0.2, 0.25) is 0 Å². The summed E-state index contributed by atoms with van der Waals surface area (Å²) < 4.78 is 18.2. The number of rotatable bonds is 4. The van der Waals surface area contributed by atoms with E-state index in [2.05, 4.69) is 15.3 Å². The highest BCUT2D eigenvalue weighted by Crippen LogP contribution is 2.25. The summed E-state index contributed by atoms with van der Waals surface area (Å²) in [6, 6.07) is 6.05. The lowest BCUT2D eigenvalue weighted by Crippen LogP contribution is -1.98. The molecule has 0 bridgehead atoms. The summed E-state index contributed by atoms with van der Waals surface area (Å²) in [7, 11) is 1.41. The van der Waals surface area contributed by atoms with Crippen molar-refractivity contribution in [1.29, 1.82) is 0 Å². The van der Waals surface area contributed by atoms with Crippen LogP contribution >= 0.6 is 23.4 Å². The topological polar surface area (TPSA) is 47.0 Å². The summed E-state index contributed by atoms with van der Waals surface area (Å²) in [6.45, 7) is 0. The Balaban J connectivity index is 2.28. The van der Waals surface area contributed by atoms with Crippen LogP contribution in [0.2, 0.25) is 5.15 Å². The summed E-state index contributed by atoms with van der Waals surface area (Å²) >= 11 is 7.28. The SMILES string of the molecule is COc1cc(Nc2cc(Cl)nc(SC)n2)ccc1F. The van der Waals surface area contributed by atoms with E-state index in [0.717, 1.165) is 0 Å². The number of anilines is 2. The third-order valence-corrected chi connectivity index (χ3v) is 3.02. The van der Waals surface area contributed by atoms with Gasteiger partial charge in [0.15, 0.2) is 16.7 Å². The van der Waals surface area contributed by atoms with Crippen LogP contribution in [0.1, 0.15) is 0 Å². The van der Waals surface area contributed by atoms with Crippen LogP contribution in [-0.4, -0.2) is 23.3 Å². The maximum atomic E-state index is 13.3. The van der Waals surface area contributed by atoms with Gasteiger partial charge in [0, 0.05) is 17.8 Å². The second kappa shape index (κ2) is 6.08. The van der Waals surface area contributed by atoms with E-state index in [4.69, 9.17) is 16.3 Å². The van der Waals surface area contributed by atoms with Gasteiger partial charge in [0.1, 0.15) is 11.0 Å². The van der Waals surface area contributed by atoms with Gasteiger partial charge in [-0.2, -0.15) is 0 Å². The maximum Gasteiger partial charge on any atom is 0.190 e. The van der Waals surface area contributed by atoms with Gasteiger partial charge < -0.3 is 10.1 Å². The van der Waals surface area contributed by atoms with Gasteiger partial charge >= 0.3 is 0 Å². The van der Waals surface area contributed by atoms with E-state index in [-0.39, 0.29) is 5.75 Å². The number of nitrogens with zero attached hydrogens (tertiary/aromatic N) is 2. The Labute approximate surface area is 119 Å². The van der Waals surface area contributed by atoms with Gasteiger partial charge in [-0.1, -0.05) is 23.4 Å². The van der Waals surface area contributed by atoms with E-state index in [1.54, 1.807) is 18.2 Å². The van der Waals surface area contributed by atoms with Crippen LogP contribution in [0.4, 0.5) is 15.9 Å². The normalized spacial score (nSPS) is 10.3. The molecule has 0 aliphatic heterocycles. The van der Waals surface area contributed by atoms with Crippen molar-refractivity contribution in [3.05, 3.63) is 35.2 Å². The van der Waals surface area contributed by atoms with E-state index >= 15 is 0 Å². The average molecular weight is 300 g/mol. The molecule has 19 heavy (non-hydrogen) atoms. The molecule has 0 fully saturated rings. The molecule has 1 N–H and O–H groups in total. The van der Waals surface area contributed by atoms with Crippen LogP contribution in [0.5, 0.6) is 5.75 Å². The van der Waals surface area contributed by atoms with E-state index in [0.29, 0.717) is 21.8 Å². The number of benzene rings is 1. The number of halogens is 2. The molecule has 7 heteroatoms. The number of ether oxygens (including phenoxy) is 1. The predicted octanol–water partition coefficient (Wildman–Crippen LogP) is 3.74. The van der Waals surface area contributed by atoms with Crippen molar-refractivity contribution < 1.29 is 9.13 Å². The van der Waals surface area contributed by atoms with Gasteiger partial charge in [-0.05, 0) is 18.4 Å². The summed E-state index contributed by atoms with van der Waals surface area (Å²) in [5, 5.41) is 3.93. The molecule has 2 aromatic rings. The molecule has 0 amide bonds. The number of nitrogens with one attached hydrogen (secondary N) is 1. The lowest BCUT2D eigenvalue weighted by Gasteiger charge is -2.09. The Hall–Kier alpha value is -1.53. The van der Waals surface area contributed by atoms with Crippen molar-refractivity contribution in [2.45, 2.75) is 5.16 Å². The molecule has 0 atom stereocenters. The van der Waals surface area contributed by atoms with Crippen molar-refractivity contribution in [1.82, 2.24) is 9.97 Å². The molecule has 0 saturated heterocycles. The van der Waals surface area contributed by atoms with Gasteiger partial charge in [-0.3, -0.25) is 0 Å².